The van der Waals surface area contributed by atoms with Crippen molar-refractivity contribution in [2.45, 2.75) is 13.8 Å². The summed E-state index contributed by atoms with van der Waals surface area (Å²) in [6.07, 6.45) is 3.55. The Balaban J connectivity index is 1.78. The second-order valence-corrected chi connectivity index (χ2v) is 6.00. The highest BCUT2D eigenvalue weighted by Gasteiger charge is 2.03. The van der Waals surface area contributed by atoms with E-state index in [4.69, 9.17) is 0 Å². The fraction of sp³-hybridized carbons (Fsp3) is 0.0870. The first-order valence-corrected chi connectivity index (χ1v) is 8.08. The third-order valence-electron chi connectivity index (χ3n) is 4.13. The van der Waals surface area contributed by atoms with Gasteiger partial charge in [-0.25, -0.2) is 0 Å². The number of hydrogen-bond acceptors (Lipinski definition) is 1. The van der Waals surface area contributed by atoms with Crippen LogP contribution in [-0.2, 0) is 0 Å². The van der Waals surface area contributed by atoms with Crippen molar-refractivity contribution in [3.63, 3.8) is 0 Å². The summed E-state index contributed by atoms with van der Waals surface area (Å²) in [7, 11) is 0. The minimum absolute atomic E-state index is 0.0236. The summed E-state index contributed by atoms with van der Waals surface area (Å²) in [5, 5.41) is 0. The molecule has 0 aliphatic rings. The van der Waals surface area contributed by atoms with Gasteiger partial charge in [0, 0.05) is 5.56 Å². The third kappa shape index (κ3) is 3.69. The molecular weight excluding hydrogens is 292 g/mol. The predicted molar refractivity (Wildman–Crippen MR) is 101 cm³/mol. The smallest absolute Gasteiger partial charge is 0.185 e. The summed E-state index contributed by atoms with van der Waals surface area (Å²) >= 11 is 0. The molecule has 0 heterocycles. The highest BCUT2D eigenvalue weighted by Crippen LogP contribution is 2.20. The molecule has 0 spiro atoms. The third-order valence-corrected chi connectivity index (χ3v) is 4.13. The first-order valence-electron chi connectivity index (χ1n) is 8.08. The van der Waals surface area contributed by atoms with E-state index in [1.54, 1.807) is 6.08 Å². The van der Waals surface area contributed by atoms with E-state index in [-0.39, 0.29) is 5.78 Å². The highest BCUT2D eigenvalue weighted by molar-refractivity contribution is 6.07. The van der Waals surface area contributed by atoms with Gasteiger partial charge in [0.2, 0.25) is 0 Å². The Morgan fingerprint density at radius 1 is 0.792 bits per heavy atom. The van der Waals surface area contributed by atoms with Gasteiger partial charge in [-0.1, -0.05) is 84.4 Å². The van der Waals surface area contributed by atoms with E-state index in [1.807, 2.05) is 48.5 Å². The van der Waals surface area contributed by atoms with Gasteiger partial charge < -0.3 is 0 Å². The number of carbonyl (C=O) groups excluding carboxylic acids is 1. The van der Waals surface area contributed by atoms with Gasteiger partial charge in [0.15, 0.2) is 5.78 Å². The molecule has 0 amide bonds. The van der Waals surface area contributed by atoms with Crippen LogP contribution in [0, 0.1) is 13.8 Å². The maximum atomic E-state index is 12.4. The van der Waals surface area contributed by atoms with Crippen molar-refractivity contribution >= 4 is 11.9 Å². The van der Waals surface area contributed by atoms with Gasteiger partial charge in [0.1, 0.15) is 0 Å². The largest absolute Gasteiger partial charge is 0.289 e. The number of carbonyl (C=O) groups is 1. The molecule has 0 saturated carbocycles. The first kappa shape index (κ1) is 15.9. The van der Waals surface area contributed by atoms with E-state index in [9.17, 15) is 4.79 Å². The SMILES string of the molecule is Cc1ccc(C)c(C=CC(=O)c2ccc(-c3ccccc3)cc2)c1. The highest BCUT2D eigenvalue weighted by atomic mass is 16.1. The van der Waals surface area contributed by atoms with Gasteiger partial charge in [-0.05, 0) is 42.2 Å². The molecule has 0 aromatic heterocycles. The molecule has 1 nitrogen and oxygen atoms in total. The van der Waals surface area contributed by atoms with Crippen LogP contribution in [0.1, 0.15) is 27.0 Å². The molecule has 0 fully saturated rings. The fourth-order valence-electron chi connectivity index (χ4n) is 2.66. The van der Waals surface area contributed by atoms with E-state index in [1.165, 1.54) is 11.1 Å². The lowest BCUT2D eigenvalue weighted by molar-refractivity contribution is 0.104. The predicted octanol–water partition coefficient (Wildman–Crippen LogP) is 5.87. The van der Waals surface area contributed by atoms with Crippen LogP contribution in [0.3, 0.4) is 0 Å². The normalized spacial score (nSPS) is 10.9. The van der Waals surface area contributed by atoms with Crippen molar-refractivity contribution in [1.82, 2.24) is 0 Å². The number of allylic oxidation sites excluding steroid dienone is 1. The van der Waals surface area contributed by atoms with Crippen molar-refractivity contribution in [2.75, 3.05) is 0 Å². The summed E-state index contributed by atoms with van der Waals surface area (Å²) in [6.45, 7) is 4.11. The lowest BCUT2D eigenvalue weighted by Crippen LogP contribution is -1.94. The van der Waals surface area contributed by atoms with Crippen molar-refractivity contribution in [2.24, 2.45) is 0 Å². The fourth-order valence-corrected chi connectivity index (χ4v) is 2.66. The molecule has 118 valence electrons. The minimum atomic E-state index is 0.0236. The Hall–Kier alpha value is -2.93. The Bertz CT molecular complexity index is 872. The molecule has 0 aliphatic heterocycles. The second kappa shape index (κ2) is 7.10. The maximum Gasteiger partial charge on any atom is 0.185 e. The number of aryl methyl sites for hydroxylation is 2. The van der Waals surface area contributed by atoms with E-state index in [0.29, 0.717) is 5.56 Å². The number of ketones is 1. The van der Waals surface area contributed by atoms with E-state index >= 15 is 0 Å². The average Bonchev–Trinajstić information content (AvgIpc) is 2.63. The zero-order valence-electron chi connectivity index (χ0n) is 14.0. The van der Waals surface area contributed by atoms with Gasteiger partial charge in [0.05, 0.1) is 0 Å². The lowest BCUT2D eigenvalue weighted by atomic mass is 10.0. The molecule has 3 rings (SSSR count). The van der Waals surface area contributed by atoms with Crippen LogP contribution in [0.2, 0.25) is 0 Å². The van der Waals surface area contributed by atoms with Gasteiger partial charge in [0.25, 0.3) is 0 Å². The zero-order valence-corrected chi connectivity index (χ0v) is 14.0. The van der Waals surface area contributed by atoms with Crippen molar-refractivity contribution in [1.29, 1.82) is 0 Å². The quantitative estimate of drug-likeness (QED) is 0.435. The standard InChI is InChI=1S/C23H20O/c1-17-8-9-18(2)22(16-17)14-15-23(24)21-12-10-20(11-13-21)19-6-4-3-5-7-19/h3-16H,1-2H3. The van der Waals surface area contributed by atoms with Crippen molar-refractivity contribution in [3.8, 4) is 11.1 Å². The van der Waals surface area contributed by atoms with Gasteiger partial charge in [-0.2, -0.15) is 0 Å². The van der Waals surface area contributed by atoms with Crippen LogP contribution in [0.15, 0.2) is 78.9 Å². The van der Waals surface area contributed by atoms with Crippen LogP contribution >= 0.6 is 0 Å². The van der Waals surface area contributed by atoms with Crippen LogP contribution in [-0.4, -0.2) is 5.78 Å². The van der Waals surface area contributed by atoms with Gasteiger partial charge in [-0.3, -0.25) is 4.79 Å². The molecular formula is C23H20O. The molecule has 0 unspecified atom stereocenters. The summed E-state index contributed by atoms with van der Waals surface area (Å²) < 4.78 is 0. The molecule has 0 aliphatic carbocycles. The monoisotopic (exact) mass is 312 g/mol. The number of benzene rings is 3. The molecule has 0 saturated heterocycles. The Morgan fingerprint density at radius 3 is 2.17 bits per heavy atom. The number of hydrogen-bond donors (Lipinski definition) is 0. The Labute approximate surface area is 143 Å². The van der Waals surface area contributed by atoms with E-state index in [2.05, 4.69) is 44.2 Å². The molecule has 0 N–H and O–H groups in total. The summed E-state index contributed by atoms with van der Waals surface area (Å²) in [6, 6.07) is 24.2. The summed E-state index contributed by atoms with van der Waals surface area (Å²) in [5.74, 6) is 0.0236. The van der Waals surface area contributed by atoms with Crippen molar-refractivity contribution < 1.29 is 4.79 Å². The van der Waals surface area contributed by atoms with E-state index < -0.39 is 0 Å². The molecule has 0 atom stereocenters. The first-order chi connectivity index (χ1) is 11.6. The van der Waals surface area contributed by atoms with Crippen LogP contribution in [0.4, 0.5) is 0 Å². The Morgan fingerprint density at radius 2 is 1.46 bits per heavy atom. The maximum absolute atomic E-state index is 12.4. The van der Waals surface area contributed by atoms with Crippen LogP contribution < -0.4 is 0 Å². The van der Waals surface area contributed by atoms with Crippen LogP contribution in [0.25, 0.3) is 17.2 Å². The molecule has 1 heteroatoms. The van der Waals surface area contributed by atoms with Gasteiger partial charge >= 0.3 is 0 Å². The summed E-state index contributed by atoms with van der Waals surface area (Å²) in [5.41, 5.74) is 6.43. The van der Waals surface area contributed by atoms with Crippen LogP contribution in [0.5, 0.6) is 0 Å². The topological polar surface area (TPSA) is 17.1 Å². The second-order valence-electron chi connectivity index (χ2n) is 6.00. The van der Waals surface area contributed by atoms with Gasteiger partial charge in [-0.15, -0.1) is 0 Å². The zero-order chi connectivity index (χ0) is 16.9. The molecule has 3 aromatic carbocycles. The molecule has 3 aromatic rings. The number of rotatable bonds is 4. The lowest BCUT2D eigenvalue weighted by Gasteiger charge is -2.03. The minimum Gasteiger partial charge on any atom is -0.289 e. The summed E-state index contributed by atoms with van der Waals surface area (Å²) in [4.78, 5) is 12.4. The molecule has 0 radical (unpaired) electrons. The molecule has 24 heavy (non-hydrogen) atoms. The van der Waals surface area contributed by atoms with E-state index in [0.717, 1.165) is 16.7 Å². The average molecular weight is 312 g/mol. The van der Waals surface area contributed by atoms with Crippen molar-refractivity contribution in [3.05, 3.63) is 101 Å². The Kier molecular flexibility index (Phi) is 4.72. The molecule has 0 bridgehead atoms.